The van der Waals surface area contributed by atoms with Crippen molar-refractivity contribution in [3.05, 3.63) is 23.7 Å². The van der Waals surface area contributed by atoms with Gasteiger partial charge in [0.05, 0.1) is 0 Å². The van der Waals surface area contributed by atoms with E-state index in [1.165, 1.54) is 6.42 Å². The molecule has 0 spiro atoms. The van der Waals surface area contributed by atoms with E-state index in [-0.39, 0.29) is 5.37 Å². The van der Waals surface area contributed by atoms with Crippen molar-refractivity contribution in [2.45, 2.75) is 30.7 Å². The van der Waals surface area contributed by atoms with Gasteiger partial charge in [-0.1, -0.05) is 6.92 Å². The molecule has 2 heterocycles. The molecule has 1 aromatic heterocycles. The predicted molar refractivity (Wildman–Crippen MR) is 65.0 cm³/mol. The molecule has 1 saturated heterocycles. The Labute approximate surface area is 104 Å². The molecule has 1 aromatic rings. The molecule has 1 aliphatic heterocycles. The van der Waals surface area contributed by atoms with Gasteiger partial charge in [-0.25, -0.2) is 0 Å². The van der Waals surface area contributed by atoms with Crippen LogP contribution < -0.4 is 5.32 Å². The van der Waals surface area contributed by atoms with Gasteiger partial charge in [0.2, 0.25) is 0 Å². The summed E-state index contributed by atoms with van der Waals surface area (Å²) in [7, 11) is 0. The van der Waals surface area contributed by atoms with E-state index in [0.29, 0.717) is 11.7 Å². The van der Waals surface area contributed by atoms with Crippen molar-refractivity contribution in [1.82, 2.24) is 5.32 Å². The normalized spacial score (nSPS) is 36.1. The molecule has 5 heteroatoms. The van der Waals surface area contributed by atoms with E-state index in [0.717, 1.165) is 17.4 Å². The Bertz CT molecular complexity index is 445. The van der Waals surface area contributed by atoms with Crippen LogP contribution in [0.1, 0.15) is 36.2 Å². The SMILES string of the molecule is CC1CC1c1ccc(C2NC(C(=O)O)CS2)o1. The maximum atomic E-state index is 10.8. The van der Waals surface area contributed by atoms with Crippen molar-refractivity contribution in [3.8, 4) is 0 Å². The average molecular weight is 253 g/mol. The van der Waals surface area contributed by atoms with Crippen LogP contribution in [0, 0.1) is 5.92 Å². The van der Waals surface area contributed by atoms with Crippen LogP contribution in [0.4, 0.5) is 0 Å². The highest BCUT2D eigenvalue weighted by Gasteiger charge is 2.38. The molecule has 4 atom stereocenters. The zero-order valence-electron chi connectivity index (χ0n) is 9.55. The zero-order chi connectivity index (χ0) is 12.0. The number of nitrogens with one attached hydrogen (secondary N) is 1. The van der Waals surface area contributed by atoms with E-state index >= 15 is 0 Å². The fraction of sp³-hybridized carbons (Fsp3) is 0.583. The third kappa shape index (κ3) is 2.09. The van der Waals surface area contributed by atoms with Gasteiger partial charge in [0, 0.05) is 11.7 Å². The van der Waals surface area contributed by atoms with Crippen LogP contribution in [0.15, 0.2) is 16.5 Å². The maximum absolute atomic E-state index is 10.8. The molecule has 92 valence electrons. The first-order chi connectivity index (χ1) is 8.15. The fourth-order valence-electron chi connectivity index (χ4n) is 2.21. The van der Waals surface area contributed by atoms with E-state index in [2.05, 4.69) is 12.2 Å². The van der Waals surface area contributed by atoms with Gasteiger partial charge in [0.15, 0.2) is 0 Å². The summed E-state index contributed by atoms with van der Waals surface area (Å²) in [5, 5.41) is 12.0. The van der Waals surface area contributed by atoms with Gasteiger partial charge in [-0.05, 0) is 24.5 Å². The van der Waals surface area contributed by atoms with Gasteiger partial charge >= 0.3 is 5.97 Å². The van der Waals surface area contributed by atoms with E-state index in [9.17, 15) is 4.79 Å². The van der Waals surface area contributed by atoms with Crippen molar-refractivity contribution < 1.29 is 14.3 Å². The summed E-state index contributed by atoms with van der Waals surface area (Å²) in [6.07, 6.45) is 1.20. The lowest BCUT2D eigenvalue weighted by atomic mass is 10.3. The molecule has 3 rings (SSSR count). The molecule has 0 radical (unpaired) electrons. The molecule has 4 unspecified atom stereocenters. The smallest absolute Gasteiger partial charge is 0.321 e. The third-order valence-corrected chi connectivity index (χ3v) is 4.69. The lowest BCUT2D eigenvalue weighted by Gasteiger charge is -2.07. The third-order valence-electron chi connectivity index (χ3n) is 3.46. The highest BCUT2D eigenvalue weighted by molar-refractivity contribution is 7.99. The Morgan fingerprint density at radius 1 is 1.53 bits per heavy atom. The largest absolute Gasteiger partial charge is 0.480 e. The Morgan fingerprint density at radius 2 is 2.24 bits per heavy atom. The summed E-state index contributed by atoms with van der Waals surface area (Å²) in [5.74, 6) is 3.01. The van der Waals surface area contributed by atoms with Crippen LogP contribution >= 0.6 is 11.8 Å². The lowest BCUT2D eigenvalue weighted by molar-refractivity contribution is -0.138. The van der Waals surface area contributed by atoms with Crippen LogP contribution in [0.3, 0.4) is 0 Å². The number of carboxylic acid groups (broad SMARTS) is 1. The molecule has 0 aromatic carbocycles. The molecule has 2 aliphatic rings. The van der Waals surface area contributed by atoms with E-state index < -0.39 is 12.0 Å². The Kier molecular flexibility index (Phi) is 2.67. The first-order valence-corrected chi connectivity index (χ1v) is 6.90. The Morgan fingerprint density at radius 3 is 2.82 bits per heavy atom. The minimum absolute atomic E-state index is 0.0149. The quantitative estimate of drug-likeness (QED) is 0.864. The number of hydrogen-bond acceptors (Lipinski definition) is 4. The van der Waals surface area contributed by atoms with Crippen LogP contribution in [0.25, 0.3) is 0 Å². The number of carbonyl (C=O) groups is 1. The van der Waals surface area contributed by atoms with Crippen LogP contribution in [-0.4, -0.2) is 22.9 Å². The molecule has 4 nitrogen and oxygen atoms in total. The predicted octanol–water partition coefficient (Wildman–Crippen LogP) is 2.19. The van der Waals surface area contributed by atoms with Gasteiger partial charge in [-0.15, -0.1) is 11.8 Å². The summed E-state index contributed by atoms with van der Waals surface area (Å²) < 4.78 is 5.81. The fourth-order valence-corrected chi connectivity index (χ4v) is 3.38. The maximum Gasteiger partial charge on any atom is 0.321 e. The second kappa shape index (κ2) is 4.07. The van der Waals surface area contributed by atoms with Crippen LogP contribution in [0.2, 0.25) is 0 Å². The number of rotatable bonds is 3. The number of furan rings is 1. The average Bonchev–Trinajstić information content (AvgIpc) is 2.78. The van der Waals surface area contributed by atoms with Crippen molar-refractivity contribution >= 4 is 17.7 Å². The second-order valence-electron chi connectivity index (χ2n) is 4.83. The van der Waals surface area contributed by atoms with Crippen molar-refractivity contribution in [2.75, 3.05) is 5.75 Å². The Hall–Kier alpha value is -0.940. The minimum atomic E-state index is -0.789. The van der Waals surface area contributed by atoms with Gasteiger partial charge in [0.1, 0.15) is 22.9 Å². The van der Waals surface area contributed by atoms with Gasteiger partial charge in [0.25, 0.3) is 0 Å². The highest BCUT2D eigenvalue weighted by atomic mass is 32.2. The number of thioether (sulfide) groups is 1. The molecule has 1 saturated carbocycles. The number of carboxylic acids is 1. The monoisotopic (exact) mass is 253 g/mol. The second-order valence-corrected chi connectivity index (χ2v) is 5.97. The highest BCUT2D eigenvalue weighted by Crippen LogP contribution is 2.48. The molecular weight excluding hydrogens is 238 g/mol. The molecule has 17 heavy (non-hydrogen) atoms. The lowest BCUT2D eigenvalue weighted by Crippen LogP contribution is -2.33. The first kappa shape index (κ1) is 11.2. The number of hydrogen-bond donors (Lipinski definition) is 2. The molecule has 2 fully saturated rings. The molecule has 0 amide bonds. The standard InChI is InChI=1S/C12H15NO3S/c1-6-4-7(6)9-2-3-10(16-9)11-13-8(5-17-11)12(14)15/h2-3,6-8,11,13H,4-5H2,1H3,(H,14,15). The number of aliphatic carboxylic acids is 1. The zero-order valence-corrected chi connectivity index (χ0v) is 10.4. The van der Waals surface area contributed by atoms with E-state index in [1.807, 2.05) is 12.1 Å². The van der Waals surface area contributed by atoms with Crippen LogP contribution in [-0.2, 0) is 4.79 Å². The van der Waals surface area contributed by atoms with E-state index in [1.54, 1.807) is 11.8 Å². The first-order valence-electron chi connectivity index (χ1n) is 5.85. The van der Waals surface area contributed by atoms with Crippen molar-refractivity contribution in [2.24, 2.45) is 5.92 Å². The molecule has 2 N–H and O–H groups in total. The Balaban J connectivity index is 1.69. The molecule has 0 bridgehead atoms. The van der Waals surface area contributed by atoms with Crippen LogP contribution in [0.5, 0.6) is 0 Å². The van der Waals surface area contributed by atoms with Crippen molar-refractivity contribution in [3.63, 3.8) is 0 Å². The summed E-state index contributed by atoms with van der Waals surface area (Å²) in [5.41, 5.74) is 0. The summed E-state index contributed by atoms with van der Waals surface area (Å²) in [6.45, 7) is 2.22. The topological polar surface area (TPSA) is 62.5 Å². The summed E-state index contributed by atoms with van der Waals surface area (Å²) in [6, 6.07) is 3.54. The molecular formula is C12H15NO3S. The molecule has 1 aliphatic carbocycles. The summed E-state index contributed by atoms with van der Waals surface area (Å²) >= 11 is 1.59. The van der Waals surface area contributed by atoms with Crippen molar-refractivity contribution in [1.29, 1.82) is 0 Å². The van der Waals surface area contributed by atoms with Gasteiger partial charge < -0.3 is 9.52 Å². The van der Waals surface area contributed by atoms with Gasteiger partial charge in [-0.3, -0.25) is 10.1 Å². The van der Waals surface area contributed by atoms with Gasteiger partial charge in [-0.2, -0.15) is 0 Å². The minimum Gasteiger partial charge on any atom is -0.480 e. The summed E-state index contributed by atoms with van der Waals surface area (Å²) in [4.78, 5) is 10.8. The van der Waals surface area contributed by atoms with E-state index in [4.69, 9.17) is 9.52 Å².